The summed E-state index contributed by atoms with van der Waals surface area (Å²) in [7, 11) is -3.65. The quantitative estimate of drug-likeness (QED) is 0.804. The van der Waals surface area contributed by atoms with Gasteiger partial charge in [-0.05, 0) is 37.8 Å². The number of nitrogens with one attached hydrogen (secondary N) is 2. The molecule has 1 aromatic heterocycles. The van der Waals surface area contributed by atoms with E-state index in [9.17, 15) is 13.2 Å². The maximum absolute atomic E-state index is 12.9. The van der Waals surface area contributed by atoms with Crippen molar-refractivity contribution in [3.63, 3.8) is 0 Å². The number of carbonyl (C=O) groups excluding carboxylic acids is 1. The van der Waals surface area contributed by atoms with Crippen LogP contribution >= 0.6 is 0 Å². The number of nitrogens with zero attached hydrogens (tertiary/aromatic N) is 3. The summed E-state index contributed by atoms with van der Waals surface area (Å²) in [6.07, 6.45) is 1.94. The summed E-state index contributed by atoms with van der Waals surface area (Å²) in [5.74, 6) is 1.65. The van der Waals surface area contributed by atoms with Crippen molar-refractivity contribution >= 4 is 15.9 Å². The van der Waals surface area contributed by atoms with Crippen LogP contribution in [-0.4, -0.2) is 53.5 Å². The highest BCUT2D eigenvalue weighted by Gasteiger charge is 2.36. The summed E-state index contributed by atoms with van der Waals surface area (Å²) in [5.41, 5.74) is 0.690. The molecule has 0 spiro atoms. The van der Waals surface area contributed by atoms with Gasteiger partial charge in [0.05, 0.1) is 4.90 Å². The largest absolute Gasteiger partial charge is 0.341 e. The predicted molar refractivity (Wildman–Crippen MR) is 93.9 cm³/mol. The molecule has 2 aliphatic heterocycles. The zero-order chi connectivity index (χ0) is 18.3. The van der Waals surface area contributed by atoms with Gasteiger partial charge in [-0.3, -0.25) is 9.89 Å². The molecule has 2 aromatic rings. The molecule has 138 valence electrons. The number of aromatic amines is 1. The Bertz CT molecular complexity index is 931. The van der Waals surface area contributed by atoms with Gasteiger partial charge in [0.25, 0.3) is 0 Å². The lowest BCUT2D eigenvalue weighted by molar-refractivity contribution is -0.134. The average molecular weight is 375 g/mol. The number of fused-ring (bicyclic) bond motifs is 1. The molecule has 1 aromatic carbocycles. The van der Waals surface area contributed by atoms with Crippen molar-refractivity contribution in [1.29, 1.82) is 0 Å². The number of likely N-dealkylation sites (tertiary alicyclic amines) is 1. The van der Waals surface area contributed by atoms with E-state index in [1.54, 1.807) is 29.2 Å². The topological polar surface area (TPSA) is 108 Å². The number of rotatable bonds is 2. The van der Waals surface area contributed by atoms with Crippen LogP contribution in [0, 0.1) is 6.92 Å². The summed E-state index contributed by atoms with van der Waals surface area (Å²) < 4.78 is 27.4. The molecule has 2 aliphatic rings. The lowest BCUT2D eigenvalue weighted by Crippen LogP contribution is -2.53. The van der Waals surface area contributed by atoms with E-state index in [1.165, 1.54) is 0 Å². The normalized spacial score (nSPS) is 22.8. The van der Waals surface area contributed by atoms with Crippen molar-refractivity contribution in [2.24, 2.45) is 0 Å². The van der Waals surface area contributed by atoms with Crippen LogP contribution in [-0.2, 0) is 21.2 Å². The molecule has 9 heteroatoms. The second-order valence-corrected chi connectivity index (χ2v) is 8.55. The Morgan fingerprint density at radius 3 is 2.65 bits per heavy atom. The van der Waals surface area contributed by atoms with Crippen molar-refractivity contribution < 1.29 is 13.2 Å². The van der Waals surface area contributed by atoms with Gasteiger partial charge < -0.3 is 4.90 Å². The van der Waals surface area contributed by atoms with Gasteiger partial charge in [-0.25, -0.2) is 13.4 Å². The summed E-state index contributed by atoms with van der Waals surface area (Å²) in [5, 5.41) is 7.06. The fourth-order valence-electron chi connectivity index (χ4n) is 3.71. The van der Waals surface area contributed by atoms with Crippen molar-refractivity contribution in [3.05, 3.63) is 41.5 Å². The summed E-state index contributed by atoms with van der Waals surface area (Å²) in [6, 6.07) is 6.09. The van der Waals surface area contributed by atoms with Gasteiger partial charge in [0.2, 0.25) is 15.9 Å². The smallest absolute Gasteiger partial charge is 0.241 e. The molecule has 0 bridgehead atoms. The Hall–Kier alpha value is -2.26. The van der Waals surface area contributed by atoms with Crippen molar-refractivity contribution in [2.45, 2.75) is 43.0 Å². The second-order valence-electron chi connectivity index (χ2n) is 6.86. The number of piperidine rings is 1. The predicted octanol–water partition coefficient (Wildman–Crippen LogP) is 0.722. The van der Waals surface area contributed by atoms with Crippen LogP contribution in [0.5, 0.6) is 0 Å². The maximum Gasteiger partial charge on any atom is 0.241 e. The minimum Gasteiger partial charge on any atom is -0.341 e. The minimum absolute atomic E-state index is 0.160. The molecule has 1 amide bonds. The third-order valence-electron chi connectivity index (χ3n) is 5.07. The van der Waals surface area contributed by atoms with Crippen LogP contribution in [0.2, 0.25) is 0 Å². The van der Waals surface area contributed by atoms with Gasteiger partial charge in [0.1, 0.15) is 11.9 Å². The molecule has 0 unspecified atom stereocenters. The first-order valence-corrected chi connectivity index (χ1v) is 10.2. The lowest BCUT2D eigenvalue weighted by atomic mass is 9.95. The first-order chi connectivity index (χ1) is 12.4. The number of benzene rings is 1. The average Bonchev–Trinajstić information content (AvgIpc) is 3.07. The Kier molecular flexibility index (Phi) is 4.28. The molecule has 3 heterocycles. The first-order valence-electron chi connectivity index (χ1n) is 8.72. The molecule has 4 rings (SSSR count). The number of aromatic nitrogens is 3. The van der Waals surface area contributed by atoms with Crippen molar-refractivity contribution in [2.75, 3.05) is 13.1 Å². The molecule has 0 radical (unpaired) electrons. The van der Waals surface area contributed by atoms with E-state index < -0.39 is 16.1 Å². The number of aryl methyl sites for hydroxylation is 1. The van der Waals surface area contributed by atoms with Crippen LogP contribution in [0.4, 0.5) is 0 Å². The highest BCUT2D eigenvalue weighted by Crippen LogP contribution is 2.27. The minimum atomic E-state index is -3.65. The summed E-state index contributed by atoms with van der Waals surface area (Å²) in [4.78, 5) is 19.2. The molecule has 26 heavy (non-hydrogen) atoms. The van der Waals surface area contributed by atoms with Crippen LogP contribution in [0.3, 0.4) is 0 Å². The van der Waals surface area contributed by atoms with Gasteiger partial charge in [-0.2, -0.15) is 9.82 Å². The number of carbonyl (C=O) groups is 1. The number of hydrogen-bond donors (Lipinski definition) is 2. The zero-order valence-electron chi connectivity index (χ0n) is 14.5. The van der Waals surface area contributed by atoms with Crippen LogP contribution in [0.15, 0.2) is 29.2 Å². The van der Waals surface area contributed by atoms with E-state index >= 15 is 0 Å². The fourth-order valence-corrected chi connectivity index (χ4v) is 5.15. The molecule has 2 N–H and O–H groups in total. The Morgan fingerprint density at radius 2 is 1.96 bits per heavy atom. The van der Waals surface area contributed by atoms with Gasteiger partial charge in [-0.1, -0.05) is 18.2 Å². The van der Waals surface area contributed by atoms with Gasteiger partial charge in [-0.15, -0.1) is 0 Å². The third-order valence-corrected chi connectivity index (χ3v) is 6.64. The van der Waals surface area contributed by atoms with Crippen LogP contribution in [0.1, 0.15) is 36.0 Å². The molecule has 0 saturated carbocycles. The second kappa shape index (κ2) is 6.48. The standard InChI is InChI=1S/C17H21N5O3S/c1-11-18-16(20-19-11)12-6-8-22(9-7-12)17(23)14-10-13-4-2-3-5-15(13)26(24,25)21-14/h2-5,12,14,21H,6-10H2,1H3,(H,18,19,20)/t14-/m0/s1. The molecule has 1 fully saturated rings. The first kappa shape index (κ1) is 17.2. The maximum atomic E-state index is 12.9. The molecule has 8 nitrogen and oxygen atoms in total. The zero-order valence-corrected chi connectivity index (χ0v) is 15.3. The molecule has 0 aliphatic carbocycles. The van der Waals surface area contributed by atoms with Crippen molar-refractivity contribution in [1.82, 2.24) is 24.8 Å². The Labute approximate surface area is 152 Å². The molecular formula is C17H21N5O3S. The monoisotopic (exact) mass is 375 g/mol. The van der Waals surface area contributed by atoms with E-state index in [4.69, 9.17) is 0 Å². The fraction of sp³-hybridized carbons (Fsp3) is 0.471. The lowest BCUT2D eigenvalue weighted by Gasteiger charge is -2.35. The third kappa shape index (κ3) is 3.12. The highest BCUT2D eigenvalue weighted by molar-refractivity contribution is 7.89. The molecular weight excluding hydrogens is 354 g/mol. The molecule has 1 saturated heterocycles. The highest BCUT2D eigenvalue weighted by atomic mass is 32.2. The van der Waals surface area contributed by atoms with Gasteiger partial charge in [0.15, 0.2) is 5.82 Å². The summed E-state index contributed by atoms with van der Waals surface area (Å²) in [6.45, 7) is 3.02. The van der Waals surface area contributed by atoms with Gasteiger partial charge >= 0.3 is 0 Å². The van der Waals surface area contributed by atoms with E-state index in [-0.39, 0.29) is 16.7 Å². The Morgan fingerprint density at radius 1 is 1.23 bits per heavy atom. The van der Waals surface area contributed by atoms with E-state index in [0.717, 1.165) is 24.5 Å². The van der Waals surface area contributed by atoms with E-state index in [0.29, 0.717) is 25.1 Å². The van der Waals surface area contributed by atoms with Crippen LogP contribution in [0.25, 0.3) is 0 Å². The number of H-pyrrole nitrogens is 1. The number of hydrogen-bond acceptors (Lipinski definition) is 5. The number of sulfonamides is 1. The Balaban J connectivity index is 1.45. The number of amides is 1. The van der Waals surface area contributed by atoms with Crippen molar-refractivity contribution in [3.8, 4) is 0 Å². The SMILES string of the molecule is Cc1nc(C2CCN(C(=O)[C@@H]3Cc4ccccc4S(=O)(=O)N3)CC2)n[nH]1. The van der Waals surface area contributed by atoms with E-state index in [2.05, 4.69) is 19.9 Å². The van der Waals surface area contributed by atoms with E-state index in [1.807, 2.05) is 6.92 Å². The summed E-state index contributed by atoms with van der Waals surface area (Å²) >= 11 is 0. The van der Waals surface area contributed by atoms with Gasteiger partial charge in [0, 0.05) is 19.0 Å². The molecule has 1 atom stereocenters. The van der Waals surface area contributed by atoms with Crippen LogP contribution < -0.4 is 4.72 Å².